The van der Waals surface area contributed by atoms with E-state index in [1.807, 2.05) is 12.1 Å². The summed E-state index contributed by atoms with van der Waals surface area (Å²) in [5, 5.41) is 2.93. The van der Waals surface area contributed by atoms with Crippen LogP contribution in [-0.4, -0.2) is 37.0 Å². The molecule has 1 aromatic carbocycles. The van der Waals surface area contributed by atoms with E-state index in [1.165, 1.54) is 0 Å². The lowest BCUT2D eigenvalue weighted by Crippen LogP contribution is -2.30. The van der Waals surface area contributed by atoms with Crippen LogP contribution in [0.1, 0.15) is 30.6 Å². The molecule has 0 unspecified atom stereocenters. The highest BCUT2D eigenvalue weighted by Crippen LogP contribution is 2.19. The first-order valence-electron chi connectivity index (χ1n) is 6.57. The van der Waals surface area contributed by atoms with Gasteiger partial charge in [-0.05, 0) is 44.3 Å². The molecule has 0 fully saturated rings. The van der Waals surface area contributed by atoms with E-state index in [-0.39, 0.29) is 5.91 Å². The van der Waals surface area contributed by atoms with Gasteiger partial charge in [-0.1, -0.05) is 29.8 Å². The lowest BCUT2D eigenvalue weighted by Gasteiger charge is -2.17. The highest BCUT2D eigenvalue weighted by molar-refractivity contribution is 9.10. The number of nitrogens with one attached hydrogen (secondary N) is 1. The Labute approximate surface area is 129 Å². The van der Waals surface area contributed by atoms with E-state index in [0.29, 0.717) is 17.0 Å². The van der Waals surface area contributed by atoms with Gasteiger partial charge in [-0.25, -0.2) is 0 Å². The van der Waals surface area contributed by atoms with Gasteiger partial charge in [-0.3, -0.25) is 4.79 Å². The number of rotatable bonds is 7. The van der Waals surface area contributed by atoms with Crippen molar-refractivity contribution >= 4 is 34.5 Å². The van der Waals surface area contributed by atoms with E-state index in [1.54, 1.807) is 6.07 Å². The second-order valence-corrected chi connectivity index (χ2v) is 5.70. The number of carbonyl (C=O) groups excluding carboxylic acids is 1. The Bertz CT molecular complexity index is 422. The van der Waals surface area contributed by atoms with Gasteiger partial charge in [-0.15, -0.1) is 12.6 Å². The number of hydrogen-bond acceptors (Lipinski definition) is 3. The smallest absolute Gasteiger partial charge is 0.252 e. The summed E-state index contributed by atoms with van der Waals surface area (Å²) >= 11 is 7.67. The third-order valence-electron chi connectivity index (χ3n) is 3.04. The van der Waals surface area contributed by atoms with Crippen LogP contribution in [0.4, 0.5) is 0 Å². The lowest BCUT2D eigenvalue weighted by atomic mass is 10.2. The molecule has 1 amide bonds. The summed E-state index contributed by atoms with van der Waals surface area (Å²) in [7, 11) is 0. The number of halogens is 1. The van der Waals surface area contributed by atoms with Crippen LogP contribution in [-0.2, 0) is 0 Å². The maximum atomic E-state index is 12.0. The van der Waals surface area contributed by atoms with Crippen LogP contribution in [0.2, 0.25) is 0 Å². The molecule has 0 aliphatic rings. The zero-order valence-corrected chi connectivity index (χ0v) is 13.9. The Morgan fingerprint density at radius 3 is 2.63 bits per heavy atom. The predicted molar refractivity (Wildman–Crippen MR) is 86.1 cm³/mol. The van der Waals surface area contributed by atoms with Gasteiger partial charge in [0.15, 0.2) is 0 Å². The second-order valence-electron chi connectivity index (χ2n) is 4.30. The highest BCUT2D eigenvalue weighted by Gasteiger charge is 2.09. The fourth-order valence-corrected chi connectivity index (χ4v) is 2.69. The largest absolute Gasteiger partial charge is 0.352 e. The summed E-state index contributed by atoms with van der Waals surface area (Å²) in [6.07, 6.45) is 0.964. The minimum atomic E-state index is -0.0583. The predicted octanol–water partition coefficient (Wildman–Crippen LogP) is 3.20. The van der Waals surface area contributed by atoms with E-state index in [9.17, 15) is 4.79 Å². The molecule has 0 bridgehead atoms. The molecule has 0 aliphatic heterocycles. The maximum absolute atomic E-state index is 12.0. The molecule has 0 aliphatic carbocycles. The summed E-state index contributed by atoms with van der Waals surface area (Å²) in [4.78, 5) is 15.0. The molecular weight excluding hydrogens is 324 g/mol. The monoisotopic (exact) mass is 344 g/mol. The Morgan fingerprint density at radius 1 is 1.37 bits per heavy atom. The molecule has 0 saturated heterocycles. The number of thiol groups is 1. The van der Waals surface area contributed by atoms with Crippen molar-refractivity contribution in [3.05, 3.63) is 28.2 Å². The van der Waals surface area contributed by atoms with E-state index in [2.05, 4.69) is 52.6 Å². The van der Waals surface area contributed by atoms with Crippen molar-refractivity contribution in [3.8, 4) is 0 Å². The van der Waals surface area contributed by atoms with Gasteiger partial charge in [0.25, 0.3) is 5.91 Å². The van der Waals surface area contributed by atoms with Gasteiger partial charge in [0.05, 0.1) is 5.56 Å². The number of amides is 1. The summed E-state index contributed by atoms with van der Waals surface area (Å²) in [5.41, 5.74) is 0.620. The Hall–Kier alpha value is -0.520. The zero-order valence-electron chi connectivity index (χ0n) is 11.4. The van der Waals surface area contributed by atoms with Crippen LogP contribution in [0.5, 0.6) is 0 Å². The van der Waals surface area contributed by atoms with E-state index in [0.717, 1.165) is 30.5 Å². The molecule has 1 N–H and O–H groups in total. The number of benzene rings is 1. The van der Waals surface area contributed by atoms with Crippen LogP contribution in [0, 0.1) is 0 Å². The van der Waals surface area contributed by atoms with Crippen LogP contribution in [0.25, 0.3) is 0 Å². The van der Waals surface area contributed by atoms with Crippen molar-refractivity contribution in [3.63, 3.8) is 0 Å². The molecule has 0 radical (unpaired) electrons. The topological polar surface area (TPSA) is 32.3 Å². The number of hydrogen-bond donors (Lipinski definition) is 2. The van der Waals surface area contributed by atoms with E-state index in [4.69, 9.17) is 0 Å². The fourth-order valence-electron chi connectivity index (χ4n) is 1.84. The first-order valence-corrected chi connectivity index (χ1v) is 7.81. The van der Waals surface area contributed by atoms with Gasteiger partial charge >= 0.3 is 0 Å². The molecule has 5 heteroatoms. The number of carbonyl (C=O) groups is 1. The van der Waals surface area contributed by atoms with Gasteiger partial charge in [-0.2, -0.15) is 0 Å². The van der Waals surface area contributed by atoms with E-state index < -0.39 is 0 Å². The molecule has 0 aromatic heterocycles. The Morgan fingerprint density at radius 2 is 2.05 bits per heavy atom. The minimum Gasteiger partial charge on any atom is -0.352 e. The lowest BCUT2D eigenvalue weighted by molar-refractivity contribution is 0.0949. The summed E-state index contributed by atoms with van der Waals surface area (Å²) in [6, 6.07) is 5.46. The third-order valence-corrected chi connectivity index (χ3v) is 3.90. The summed E-state index contributed by atoms with van der Waals surface area (Å²) in [6.45, 7) is 8.12. The van der Waals surface area contributed by atoms with Gasteiger partial charge in [0, 0.05) is 15.9 Å². The normalized spacial score (nSPS) is 10.8. The molecule has 106 valence electrons. The van der Waals surface area contributed by atoms with Gasteiger partial charge in [0.1, 0.15) is 0 Å². The molecule has 1 rings (SSSR count). The minimum absolute atomic E-state index is 0.0583. The molecule has 0 atom stereocenters. The Balaban J connectivity index is 2.39. The van der Waals surface area contributed by atoms with Crippen LogP contribution < -0.4 is 5.32 Å². The molecule has 0 heterocycles. The van der Waals surface area contributed by atoms with Crippen molar-refractivity contribution in [2.24, 2.45) is 0 Å². The Kier molecular flexibility index (Phi) is 7.49. The molecule has 1 aromatic rings. The number of nitrogens with zero attached hydrogens (tertiary/aromatic N) is 1. The molecule has 19 heavy (non-hydrogen) atoms. The SMILES string of the molecule is CCN(CC)CCCNC(=O)c1ccc(Br)cc1S. The van der Waals surface area contributed by atoms with Gasteiger partial charge in [0.2, 0.25) is 0 Å². The molecule has 3 nitrogen and oxygen atoms in total. The van der Waals surface area contributed by atoms with Gasteiger partial charge < -0.3 is 10.2 Å². The van der Waals surface area contributed by atoms with Crippen LogP contribution in [0.3, 0.4) is 0 Å². The molecule has 0 saturated carbocycles. The average molecular weight is 345 g/mol. The second kappa shape index (κ2) is 8.61. The average Bonchev–Trinajstić information content (AvgIpc) is 2.38. The van der Waals surface area contributed by atoms with Crippen LogP contribution in [0.15, 0.2) is 27.6 Å². The molecular formula is C14H21BrN2OS. The molecule has 0 spiro atoms. The summed E-state index contributed by atoms with van der Waals surface area (Å²) in [5.74, 6) is -0.0583. The summed E-state index contributed by atoms with van der Waals surface area (Å²) < 4.78 is 0.926. The van der Waals surface area contributed by atoms with Crippen molar-refractivity contribution < 1.29 is 4.79 Å². The highest BCUT2D eigenvalue weighted by atomic mass is 79.9. The van der Waals surface area contributed by atoms with Crippen molar-refractivity contribution in [2.75, 3.05) is 26.2 Å². The van der Waals surface area contributed by atoms with Crippen molar-refractivity contribution in [1.82, 2.24) is 10.2 Å². The first kappa shape index (κ1) is 16.5. The maximum Gasteiger partial charge on any atom is 0.252 e. The zero-order chi connectivity index (χ0) is 14.3. The van der Waals surface area contributed by atoms with E-state index >= 15 is 0 Å². The van der Waals surface area contributed by atoms with Crippen molar-refractivity contribution in [1.29, 1.82) is 0 Å². The first-order chi connectivity index (χ1) is 9.08. The standard InChI is InChI=1S/C14H21BrN2OS/c1-3-17(4-2)9-5-8-16-14(18)12-7-6-11(15)10-13(12)19/h6-7,10,19H,3-5,8-9H2,1-2H3,(H,16,18). The van der Waals surface area contributed by atoms with Crippen LogP contribution >= 0.6 is 28.6 Å². The quantitative estimate of drug-likeness (QED) is 0.588. The van der Waals surface area contributed by atoms with Crippen molar-refractivity contribution in [2.45, 2.75) is 25.2 Å². The fraction of sp³-hybridized carbons (Fsp3) is 0.500. The third kappa shape index (κ3) is 5.55.